The highest BCUT2D eigenvalue weighted by Gasteiger charge is 2.65. The summed E-state index contributed by atoms with van der Waals surface area (Å²) >= 11 is 0. The maximum atomic E-state index is 11.9. The van der Waals surface area contributed by atoms with Crippen LogP contribution in [0.5, 0.6) is 0 Å². The number of hydrogen-bond acceptors (Lipinski definition) is 3. The van der Waals surface area contributed by atoms with Crippen molar-refractivity contribution in [1.29, 1.82) is 0 Å². The van der Waals surface area contributed by atoms with E-state index in [1.54, 1.807) is 0 Å². The number of hydrogen-bond donors (Lipinski definition) is 1. The van der Waals surface area contributed by atoms with Crippen LogP contribution in [0.25, 0.3) is 0 Å². The van der Waals surface area contributed by atoms with Crippen LogP contribution in [0.3, 0.4) is 0 Å². The first-order chi connectivity index (χ1) is 6.69. The lowest BCUT2D eigenvalue weighted by Gasteiger charge is -2.36. The number of fused-ring (bicyclic) bond motifs is 2. The molecule has 0 amide bonds. The molecule has 0 aromatic rings. The predicted octanol–water partition coefficient (Wildman–Crippen LogP) is 0.683. The summed E-state index contributed by atoms with van der Waals surface area (Å²) in [6.45, 7) is 3.99. The van der Waals surface area contributed by atoms with Crippen molar-refractivity contribution in [1.82, 2.24) is 4.72 Å². The third-order valence-electron chi connectivity index (χ3n) is 4.26. The van der Waals surface area contributed by atoms with Crippen LogP contribution >= 0.6 is 0 Å². The second-order valence-electron chi connectivity index (χ2n) is 5.36. The Kier molecular flexibility index (Phi) is 2.09. The molecular formula is C10H17NO3S. The van der Waals surface area contributed by atoms with Gasteiger partial charge in [-0.1, -0.05) is 13.8 Å². The second-order valence-corrected chi connectivity index (χ2v) is 7.11. The van der Waals surface area contributed by atoms with Gasteiger partial charge in [-0.3, -0.25) is 4.79 Å². The van der Waals surface area contributed by atoms with Crippen LogP contribution < -0.4 is 4.72 Å². The Bertz CT molecular complexity index is 412. The van der Waals surface area contributed by atoms with Crippen LogP contribution in [-0.2, 0) is 14.8 Å². The Morgan fingerprint density at radius 1 is 1.40 bits per heavy atom. The van der Waals surface area contributed by atoms with Gasteiger partial charge in [-0.05, 0) is 24.2 Å². The average Bonchev–Trinajstić information content (AvgIpc) is 2.34. The third kappa shape index (κ3) is 1.36. The molecule has 0 spiro atoms. The molecule has 2 unspecified atom stereocenters. The normalized spacial score (nSPS) is 38.6. The maximum absolute atomic E-state index is 11.9. The summed E-state index contributed by atoms with van der Waals surface area (Å²) in [6, 6.07) is 0. The highest BCUT2D eigenvalue weighted by Crippen LogP contribution is 2.58. The minimum atomic E-state index is -3.33. The molecule has 0 aromatic heterocycles. The Hall–Kier alpha value is -0.420. The van der Waals surface area contributed by atoms with E-state index in [1.165, 1.54) is 0 Å². The van der Waals surface area contributed by atoms with Crippen molar-refractivity contribution in [3.05, 3.63) is 0 Å². The standard InChI is InChI=1S/C10H17NO3S/c1-9(2)7-4-5-10(9,8(12)6-7)11-15(3,13)14/h7,11H,4-6H2,1-3H3. The van der Waals surface area contributed by atoms with Gasteiger partial charge in [0.1, 0.15) is 0 Å². The lowest BCUT2D eigenvalue weighted by atomic mass is 9.77. The summed E-state index contributed by atoms with van der Waals surface area (Å²) in [5.74, 6) is 0.397. The molecule has 0 heterocycles. The predicted molar refractivity (Wildman–Crippen MR) is 56.8 cm³/mol. The molecule has 0 radical (unpaired) electrons. The molecule has 86 valence electrons. The highest BCUT2D eigenvalue weighted by molar-refractivity contribution is 7.88. The molecule has 0 saturated heterocycles. The Labute approximate surface area is 90.5 Å². The minimum absolute atomic E-state index is 0.0641. The first-order valence-electron chi connectivity index (χ1n) is 5.21. The smallest absolute Gasteiger partial charge is 0.209 e. The van der Waals surface area contributed by atoms with Gasteiger partial charge in [0, 0.05) is 6.42 Å². The summed E-state index contributed by atoms with van der Waals surface area (Å²) in [5.41, 5.74) is -1.07. The third-order valence-corrected chi connectivity index (χ3v) is 4.98. The number of carbonyl (C=O) groups is 1. The van der Waals surface area contributed by atoms with E-state index in [4.69, 9.17) is 0 Å². The number of carbonyl (C=O) groups excluding carboxylic acids is 1. The molecule has 0 aromatic carbocycles. The summed E-state index contributed by atoms with van der Waals surface area (Å²) < 4.78 is 25.3. The molecule has 5 heteroatoms. The summed E-state index contributed by atoms with van der Waals surface area (Å²) in [4.78, 5) is 11.9. The molecule has 2 rings (SSSR count). The van der Waals surface area contributed by atoms with Gasteiger partial charge in [-0.25, -0.2) is 13.1 Å². The van der Waals surface area contributed by atoms with Crippen LogP contribution in [-0.4, -0.2) is 26.0 Å². The van der Waals surface area contributed by atoms with Gasteiger partial charge < -0.3 is 0 Å². The van der Waals surface area contributed by atoms with Crippen LogP contribution in [0.1, 0.15) is 33.1 Å². The van der Waals surface area contributed by atoms with E-state index in [2.05, 4.69) is 4.72 Å². The zero-order valence-electron chi connectivity index (χ0n) is 9.33. The van der Waals surface area contributed by atoms with E-state index in [0.29, 0.717) is 18.8 Å². The first-order valence-corrected chi connectivity index (χ1v) is 7.10. The van der Waals surface area contributed by atoms with Crippen molar-refractivity contribution in [3.8, 4) is 0 Å². The Morgan fingerprint density at radius 2 is 2.00 bits per heavy atom. The van der Waals surface area contributed by atoms with E-state index >= 15 is 0 Å². The molecular weight excluding hydrogens is 214 g/mol. The van der Waals surface area contributed by atoms with Crippen LogP contribution in [0.15, 0.2) is 0 Å². The van der Waals surface area contributed by atoms with Gasteiger partial charge in [-0.2, -0.15) is 0 Å². The fourth-order valence-corrected chi connectivity index (χ4v) is 4.34. The van der Waals surface area contributed by atoms with E-state index in [1.807, 2.05) is 13.8 Å². The molecule has 2 atom stereocenters. The molecule has 2 saturated carbocycles. The lowest BCUT2D eigenvalue weighted by Crippen LogP contribution is -2.57. The van der Waals surface area contributed by atoms with E-state index in [9.17, 15) is 13.2 Å². The largest absolute Gasteiger partial charge is 0.298 e. The number of sulfonamides is 1. The van der Waals surface area contributed by atoms with Crippen molar-refractivity contribution in [3.63, 3.8) is 0 Å². The van der Waals surface area contributed by atoms with Crippen LogP contribution in [0.2, 0.25) is 0 Å². The molecule has 2 aliphatic carbocycles. The van der Waals surface area contributed by atoms with Gasteiger partial charge in [-0.15, -0.1) is 0 Å². The quantitative estimate of drug-likeness (QED) is 0.760. The van der Waals surface area contributed by atoms with Gasteiger partial charge in [0.2, 0.25) is 10.0 Å². The number of ketones is 1. The van der Waals surface area contributed by atoms with E-state index in [-0.39, 0.29) is 11.2 Å². The molecule has 2 fully saturated rings. The van der Waals surface area contributed by atoms with Gasteiger partial charge in [0.15, 0.2) is 5.78 Å². The molecule has 2 aliphatic rings. The number of Topliss-reactive ketones (excluding diaryl/α,β-unsaturated/α-hetero) is 1. The number of rotatable bonds is 2. The van der Waals surface area contributed by atoms with Crippen molar-refractivity contribution in [2.24, 2.45) is 11.3 Å². The Balaban J connectivity index is 2.45. The first kappa shape index (κ1) is 11.1. The van der Waals surface area contributed by atoms with Crippen LogP contribution in [0.4, 0.5) is 0 Å². The second kappa shape index (κ2) is 2.83. The van der Waals surface area contributed by atoms with Crippen LogP contribution in [0, 0.1) is 11.3 Å². The SMILES string of the molecule is CC1(C)C2CCC1(NS(C)(=O)=O)C(=O)C2. The zero-order valence-corrected chi connectivity index (χ0v) is 10.1. The van der Waals surface area contributed by atoms with E-state index in [0.717, 1.165) is 12.7 Å². The fourth-order valence-electron chi connectivity index (χ4n) is 3.23. The van der Waals surface area contributed by atoms with Crippen molar-refractivity contribution in [2.45, 2.75) is 38.6 Å². The molecule has 4 nitrogen and oxygen atoms in total. The minimum Gasteiger partial charge on any atom is -0.298 e. The van der Waals surface area contributed by atoms with E-state index < -0.39 is 15.6 Å². The molecule has 15 heavy (non-hydrogen) atoms. The highest BCUT2D eigenvalue weighted by atomic mass is 32.2. The lowest BCUT2D eigenvalue weighted by molar-refractivity contribution is -0.124. The van der Waals surface area contributed by atoms with Gasteiger partial charge in [0.25, 0.3) is 0 Å². The summed E-state index contributed by atoms with van der Waals surface area (Å²) in [5, 5.41) is 0. The summed E-state index contributed by atoms with van der Waals surface area (Å²) in [7, 11) is -3.33. The summed E-state index contributed by atoms with van der Waals surface area (Å²) in [6.07, 6.45) is 3.24. The Morgan fingerprint density at radius 3 is 2.33 bits per heavy atom. The van der Waals surface area contributed by atoms with Crippen molar-refractivity contribution >= 4 is 15.8 Å². The number of nitrogens with one attached hydrogen (secondary N) is 1. The van der Waals surface area contributed by atoms with Gasteiger partial charge in [0.05, 0.1) is 11.8 Å². The van der Waals surface area contributed by atoms with Crippen molar-refractivity contribution < 1.29 is 13.2 Å². The fraction of sp³-hybridized carbons (Fsp3) is 0.900. The molecule has 2 bridgehead atoms. The zero-order chi connectivity index (χ0) is 11.5. The maximum Gasteiger partial charge on any atom is 0.209 e. The topological polar surface area (TPSA) is 63.2 Å². The molecule has 0 aliphatic heterocycles. The monoisotopic (exact) mass is 231 g/mol. The van der Waals surface area contributed by atoms with Crippen molar-refractivity contribution in [2.75, 3.05) is 6.26 Å². The molecule has 1 N–H and O–H groups in total. The van der Waals surface area contributed by atoms with Gasteiger partial charge >= 0.3 is 0 Å². The average molecular weight is 231 g/mol.